The van der Waals surface area contributed by atoms with E-state index in [-0.39, 0.29) is 46.9 Å². The monoisotopic (exact) mass is 266 g/mol. The molecule has 2 saturated carbocycles. The predicted octanol–water partition coefficient (Wildman–Crippen LogP) is 1.55. The van der Waals surface area contributed by atoms with Gasteiger partial charge in [0.05, 0.1) is 5.92 Å². The SMILES string of the molecule is C[C@@H]1C(=O)O[C@H]2[C@H]1CC[C@@]1(C)C[C@H](O)C(=O)[C@H](C)[C@H]21. The number of carbonyl (C=O) groups excluding carboxylic acids is 2. The quantitative estimate of drug-likeness (QED) is 0.676. The number of esters is 1. The number of aliphatic hydroxyl groups is 1. The van der Waals surface area contributed by atoms with Crippen LogP contribution in [0.3, 0.4) is 0 Å². The van der Waals surface area contributed by atoms with E-state index in [1.165, 1.54) is 0 Å². The van der Waals surface area contributed by atoms with Crippen LogP contribution < -0.4 is 0 Å². The van der Waals surface area contributed by atoms with Crippen LogP contribution in [0.5, 0.6) is 0 Å². The van der Waals surface area contributed by atoms with Gasteiger partial charge in [-0.15, -0.1) is 0 Å². The number of hydrogen-bond acceptors (Lipinski definition) is 4. The molecule has 19 heavy (non-hydrogen) atoms. The largest absolute Gasteiger partial charge is 0.461 e. The van der Waals surface area contributed by atoms with Crippen molar-refractivity contribution >= 4 is 11.8 Å². The van der Waals surface area contributed by atoms with Gasteiger partial charge in [-0.05, 0) is 24.7 Å². The molecule has 1 saturated heterocycles. The minimum absolute atomic E-state index is 0.0521. The lowest BCUT2D eigenvalue weighted by Gasteiger charge is -2.52. The second kappa shape index (κ2) is 4.05. The van der Waals surface area contributed by atoms with Crippen LogP contribution in [0.2, 0.25) is 0 Å². The zero-order chi connectivity index (χ0) is 13.9. The summed E-state index contributed by atoms with van der Waals surface area (Å²) in [6.07, 6.45) is 1.46. The summed E-state index contributed by atoms with van der Waals surface area (Å²) >= 11 is 0. The highest BCUT2D eigenvalue weighted by Crippen LogP contribution is 2.56. The first kappa shape index (κ1) is 13.1. The topological polar surface area (TPSA) is 63.6 Å². The van der Waals surface area contributed by atoms with E-state index in [9.17, 15) is 14.7 Å². The van der Waals surface area contributed by atoms with Gasteiger partial charge in [0, 0.05) is 17.8 Å². The van der Waals surface area contributed by atoms with Gasteiger partial charge < -0.3 is 9.84 Å². The molecule has 0 amide bonds. The van der Waals surface area contributed by atoms with Crippen molar-refractivity contribution in [1.29, 1.82) is 0 Å². The van der Waals surface area contributed by atoms with Crippen LogP contribution in [0.25, 0.3) is 0 Å². The van der Waals surface area contributed by atoms with Crippen LogP contribution in [-0.2, 0) is 14.3 Å². The molecule has 1 aliphatic heterocycles. The number of fused-ring (bicyclic) bond motifs is 3. The van der Waals surface area contributed by atoms with Gasteiger partial charge in [-0.2, -0.15) is 0 Å². The maximum absolute atomic E-state index is 12.1. The Balaban J connectivity index is 1.96. The average Bonchev–Trinajstić information content (AvgIpc) is 2.61. The molecule has 3 rings (SSSR count). The van der Waals surface area contributed by atoms with Crippen molar-refractivity contribution in [1.82, 2.24) is 0 Å². The van der Waals surface area contributed by atoms with Gasteiger partial charge in [0.15, 0.2) is 5.78 Å². The van der Waals surface area contributed by atoms with Gasteiger partial charge in [0.1, 0.15) is 12.2 Å². The number of carbonyl (C=O) groups is 2. The molecule has 0 spiro atoms. The lowest BCUT2D eigenvalue weighted by molar-refractivity contribution is -0.166. The molecule has 2 aliphatic carbocycles. The summed E-state index contributed by atoms with van der Waals surface area (Å²) in [5.74, 6) is -0.167. The Kier molecular flexibility index (Phi) is 2.79. The number of ketones is 1. The summed E-state index contributed by atoms with van der Waals surface area (Å²) in [5.41, 5.74) is -0.0851. The van der Waals surface area contributed by atoms with Gasteiger partial charge in [0.25, 0.3) is 0 Å². The van der Waals surface area contributed by atoms with E-state index in [0.717, 1.165) is 12.8 Å². The summed E-state index contributed by atoms with van der Waals surface area (Å²) in [5, 5.41) is 9.94. The highest BCUT2D eigenvalue weighted by molar-refractivity contribution is 5.86. The first-order valence-corrected chi connectivity index (χ1v) is 7.27. The van der Waals surface area contributed by atoms with Crippen LogP contribution in [0.1, 0.15) is 40.0 Å². The summed E-state index contributed by atoms with van der Waals surface area (Å²) in [4.78, 5) is 23.9. The molecular weight excluding hydrogens is 244 g/mol. The van der Waals surface area contributed by atoms with Crippen LogP contribution >= 0.6 is 0 Å². The smallest absolute Gasteiger partial charge is 0.309 e. The molecule has 106 valence electrons. The molecule has 3 fully saturated rings. The summed E-state index contributed by atoms with van der Waals surface area (Å²) in [6.45, 7) is 5.95. The number of hydrogen-bond donors (Lipinski definition) is 1. The minimum atomic E-state index is -0.845. The van der Waals surface area contributed by atoms with Gasteiger partial charge >= 0.3 is 5.97 Å². The molecule has 4 heteroatoms. The molecule has 0 radical (unpaired) electrons. The summed E-state index contributed by atoms with van der Waals surface area (Å²) in [6, 6.07) is 0. The highest BCUT2D eigenvalue weighted by atomic mass is 16.6. The molecule has 1 N–H and O–H groups in total. The molecule has 4 nitrogen and oxygen atoms in total. The van der Waals surface area contributed by atoms with Crippen molar-refractivity contribution in [3.05, 3.63) is 0 Å². The van der Waals surface area contributed by atoms with Crippen LogP contribution in [0.4, 0.5) is 0 Å². The second-order valence-electron chi connectivity index (χ2n) is 6.98. The lowest BCUT2D eigenvalue weighted by atomic mass is 9.52. The fourth-order valence-electron chi connectivity index (χ4n) is 4.75. The third-order valence-corrected chi connectivity index (χ3v) is 5.87. The van der Waals surface area contributed by atoms with E-state index in [0.29, 0.717) is 6.42 Å². The van der Waals surface area contributed by atoms with Gasteiger partial charge in [-0.1, -0.05) is 20.8 Å². The second-order valence-corrected chi connectivity index (χ2v) is 6.98. The number of aliphatic hydroxyl groups excluding tert-OH is 1. The third-order valence-electron chi connectivity index (χ3n) is 5.87. The predicted molar refractivity (Wildman–Crippen MR) is 68.2 cm³/mol. The average molecular weight is 266 g/mol. The Bertz CT molecular complexity index is 432. The zero-order valence-electron chi connectivity index (χ0n) is 11.8. The van der Waals surface area contributed by atoms with Crippen LogP contribution in [0, 0.1) is 29.1 Å². The van der Waals surface area contributed by atoms with E-state index in [2.05, 4.69) is 6.92 Å². The van der Waals surface area contributed by atoms with Gasteiger partial charge in [-0.3, -0.25) is 9.59 Å². The zero-order valence-corrected chi connectivity index (χ0v) is 11.8. The van der Waals surface area contributed by atoms with Crippen molar-refractivity contribution in [2.75, 3.05) is 0 Å². The van der Waals surface area contributed by atoms with Gasteiger partial charge in [-0.25, -0.2) is 0 Å². The van der Waals surface area contributed by atoms with E-state index in [1.54, 1.807) is 0 Å². The molecule has 0 bridgehead atoms. The summed E-state index contributed by atoms with van der Waals surface area (Å²) in [7, 11) is 0. The van der Waals surface area contributed by atoms with E-state index < -0.39 is 6.10 Å². The molecule has 0 aromatic rings. The van der Waals surface area contributed by atoms with Gasteiger partial charge in [0.2, 0.25) is 0 Å². The molecule has 0 aromatic heterocycles. The molecule has 0 aromatic carbocycles. The Morgan fingerprint density at radius 3 is 2.63 bits per heavy atom. The van der Waals surface area contributed by atoms with E-state index in [1.807, 2.05) is 13.8 Å². The first-order chi connectivity index (χ1) is 8.85. The molecular formula is C15H22O4. The van der Waals surface area contributed by atoms with Crippen molar-refractivity contribution in [3.8, 4) is 0 Å². The molecule has 0 unspecified atom stereocenters. The van der Waals surface area contributed by atoms with Crippen molar-refractivity contribution in [3.63, 3.8) is 0 Å². The van der Waals surface area contributed by atoms with Crippen LogP contribution in [-0.4, -0.2) is 29.1 Å². The minimum Gasteiger partial charge on any atom is -0.461 e. The standard InChI is InChI=1S/C15H22O4/c1-7-9-4-5-15(3)6-10(16)12(17)8(2)11(15)13(9)19-14(7)18/h7-11,13,16H,4-6H2,1-3H3/t7-,8+,9-,10-,11+,13-,15-/m0/s1. The number of Topliss-reactive ketones (excluding diaryl/α,β-unsaturated/α-hetero) is 1. The van der Waals surface area contributed by atoms with E-state index in [4.69, 9.17) is 4.74 Å². The highest BCUT2D eigenvalue weighted by Gasteiger charge is 2.60. The first-order valence-electron chi connectivity index (χ1n) is 7.27. The van der Waals surface area contributed by atoms with E-state index >= 15 is 0 Å². The third kappa shape index (κ3) is 1.69. The molecule has 3 aliphatic rings. The normalized spacial score (nSPS) is 53.5. The Morgan fingerprint density at radius 2 is 1.95 bits per heavy atom. The lowest BCUT2D eigenvalue weighted by Crippen LogP contribution is -2.56. The fourth-order valence-corrected chi connectivity index (χ4v) is 4.75. The summed E-state index contributed by atoms with van der Waals surface area (Å²) < 4.78 is 5.59. The number of rotatable bonds is 0. The Hall–Kier alpha value is -0.900. The fraction of sp³-hybridized carbons (Fsp3) is 0.867. The van der Waals surface area contributed by atoms with Crippen molar-refractivity contribution < 1.29 is 19.4 Å². The Labute approximate surface area is 113 Å². The van der Waals surface area contributed by atoms with Crippen molar-refractivity contribution in [2.24, 2.45) is 29.1 Å². The Morgan fingerprint density at radius 1 is 1.26 bits per heavy atom. The maximum Gasteiger partial charge on any atom is 0.309 e. The molecule has 1 heterocycles. The van der Waals surface area contributed by atoms with Crippen LogP contribution in [0.15, 0.2) is 0 Å². The van der Waals surface area contributed by atoms with Crippen molar-refractivity contribution in [2.45, 2.75) is 52.2 Å². The molecule has 7 atom stereocenters. The number of ether oxygens (including phenoxy) is 1. The maximum atomic E-state index is 12.1.